The van der Waals surface area contributed by atoms with Gasteiger partial charge < -0.3 is 0 Å². The summed E-state index contributed by atoms with van der Waals surface area (Å²) in [7, 11) is 2.92. The highest BCUT2D eigenvalue weighted by molar-refractivity contribution is 8.00. The van der Waals surface area contributed by atoms with Crippen molar-refractivity contribution in [3.8, 4) is 0 Å². The van der Waals surface area contributed by atoms with Crippen LogP contribution in [0.2, 0.25) is 0 Å². The number of pyridine rings is 1. The van der Waals surface area contributed by atoms with Gasteiger partial charge >= 0.3 is 6.03 Å². The van der Waals surface area contributed by atoms with Gasteiger partial charge in [-0.15, -0.1) is 10.2 Å². The first-order chi connectivity index (χ1) is 9.69. The zero-order valence-electron chi connectivity index (χ0n) is 10.9. The first-order valence-electron chi connectivity index (χ1n) is 5.63. The zero-order chi connectivity index (χ0) is 14.4. The summed E-state index contributed by atoms with van der Waals surface area (Å²) in [6.07, 6.45) is 3.54. The number of urea groups is 1. The van der Waals surface area contributed by atoms with E-state index in [9.17, 15) is 4.79 Å². The second-order valence-corrected chi connectivity index (χ2v) is 5.83. The van der Waals surface area contributed by atoms with Crippen LogP contribution >= 0.6 is 23.1 Å². The van der Waals surface area contributed by atoms with Gasteiger partial charge in [0.1, 0.15) is 0 Å². The molecule has 2 aromatic heterocycles. The van der Waals surface area contributed by atoms with E-state index in [0.717, 1.165) is 20.7 Å². The molecule has 7 nitrogen and oxygen atoms in total. The van der Waals surface area contributed by atoms with Crippen molar-refractivity contribution < 1.29 is 9.63 Å². The maximum atomic E-state index is 11.5. The molecule has 0 fully saturated rings. The van der Waals surface area contributed by atoms with E-state index in [-0.39, 0.29) is 0 Å². The predicted octanol–water partition coefficient (Wildman–Crippen LogP) is 2.25. The topological polar surface area (TPSA) is 80.2 Å². The third-order valence-corrected chi connectivity index (χ3v) is 4.31. The van der Waals surface area contributed by atoms with Gasteiger partial charge in [-0.25, -0.2) is 9.86 Å². The molecule has 106 valence electrons. The van der Waals surface area contributed by atoms with Crippen molar-refractivity contribution in [3.05, 3.63) is 30.1 Å². The maximum absolute atomic E-state index is 11.5. The number of carbonyl (C=O) groups excluding carboxylic acids is 1. The summed E-state index contributed by atoms with van der Waals surface area (Å²) in [4.78, 5) is 20.4. The maximum Gasteiger partial charge on any atom is 0.347 e. The van der Waals surface area contributed by atoms with E-state index in [0.29, 0.717) is 5.13 Å². The predicted molar refractivity (Wildman–Crippen MR) is 77.5 cm³/mol. The van der Waals surface area contributed by atoms with Gasteiger partial charge in [0.05, 0.1) is 7.11 Å². The number of aromatic nitrogens is 3. The summed E-state index contributed by atoms with van der Waals surface area (Å²) < 4.78 is 0.782. The van der Waals surface area contributed by atoms with Crippen molar-refractivity contribution in [2.24, 2.45) is 0 Å². The van der Waals surface area contributed by atoms with Crippen LogP contribution < -0.4 is 5.32 Å². The van der Waals surface area contributed by atoms with Gasteiger partial charge in [-0.1, -0.05) is 29.2 Å². The monoisotopic (exact) mass is 311 g/mol. The number of carbonyl (C=O) groups is 1. The van der Waals surface area contributed by atoms with E-state index in [1.807, 2.05) is 18.3 Å². The van der Waals surface area contributed by atoms with E-state index >= 15 is 0 Å². The molecule has 2 amide bonds. The van der Waals surface area contributed by atoms with Crippen LogP contribution in [0.1, 0.15) is 5.56 Å². The highest BCUT2D eigenvalue weighted by atomic mass is 32.2. The number of hydrogen-bond donors (Lipinski definition) is 1. The van der Waals surface area contributed by atoms with Crippen LogP contribution in [0.3, 0.4) is 0 Å². The molecule has 1 N–H and O–H groups in total. The first-order valence-corrected chi connectivity index (χ1v) is 7.43. The van der Waals surface area contributed by atoms with Crippen LogP contribution in [-0.2, 0) is 10.6 Å². The van der Waals surface area contributed by atoms with Crippen molar-refractivity contribution in [1.29, 1.82) is 0 Å². The van der Waals surface area contributed by atoms with Crippen molar-refractivity contribution in [1.82, 2.24) is 20.2 Å². The van der Waals surface area contributed by atoms with Crippen LogP contribution in [0, 0.1) is 0 Å². The Morgan fingerprint density at radius 2 is 2.40 bits per heavy atom. The lowest BCUT2D eigenvalue weighted by Gasteiger charge is -2.12. The first kappa shape index (κ1) is 14.7. The number of anilines is 1. The van der Waals surface area contributed by atoms with Gasteiger partial charge in [-0.3, -0.25) is 15.1 Å². The molecule has 0 bridgehead atoms. The Kier molecular flexibility index (Phi) is 5.27. The molecular formula is C11H13N5O2S2. The lowest BCUT2D eigenvalue weighted by molar-refractivity contribution is -0.0598. The standard InChI is InChI=1S/C11H13N5O2S2/c1-16(18-2)10(17)13-9-14-15-11(20-9)19-7-8-4-3-5-12-6-8/h3-6H,7H2,1-2H3,(H,13,14,17). The quantitative estimate of drug-likeness (QED) is 0.518. The number of thioether (sulfide) groups is 1. The van der Waals surface area contributed by atoms with E-state index in [1.165, 1.54) is 25.5 Å². The highest BCUT2D eigenvalue weighted by Gasteiger charge is 2.12. The van der Waals surface area contributed by atoms with Gasteiger partial charge in [0.2, 0.25) is 5.13 Å². The largest absolute Gasteiger partial charge is 0.347 e. The van der Waals surface area contributed by atoms with Gasteiger partial charge in [0.15, 0.2) is 4.34 Å². The minimum absolute atomic E-state index is 0.396. The Bertz CT molecular complexity index is 563. The van der Waals surface area contributed by atoms with Gasteiger partial charge in [-0.2, -0.15) is 0 Å². The molecule has 2 heterocycles. The summed E-state index contributed by atoms with van der Waals surface area (Å²) >= 11 is 2.86. The normalized spacial score (nSPS) is 10.3. The van der Waals surface area contributed by atoms with E-state index in [4.69, 9.17) is 4.84 Å². The van der Waals surface area contributed by atoms with Crippen molar-refractivity contribution in [2.75, 3.05) is 19.5 Å². The molecule has 0 aliphatic heterocycles. The molecule has 0 radical (unpaired) electrons. The summed E-state index contributed by atoms with van der Waals surface area (Å²) in [6, 6.07) is 3.49. The Balaban J connectivity index is 1.88. The fourth-order valence-corrected chi connectivity index (χ4v) is 2.88. The third kappa shape index (κ3) is 4.15. The van der Waals surface area contributed by atoms with Crippen LogP contribution in [0.4, 0.5) is 9.93 Å². The van der Waals surface area contributed by atoms with E-state index in [2.05, 4.69) is 20.5 Å². The summed E-state index contributed by atoms with van der Waals surface area (Å²) in [5.74, 6) is 0.758. The molecule has 0 saturated carbocycles. The molecule has 0 aliphatic carbocycles. The van der Waals surface area contributed by atoms with E-state index < -0.39 is 6.03 Å². The minimum atomic E-state index is -0.396. The molecule has 0 saturated heterocycles. The average molecular weight is 311 g/mol. The SMILES string of the molecule is CON(C)C(=O)Nc1nnc(SCc2cccnc2)s1. The van der Waals surface area contributed by atoms with Gasteiger partial charge in [0.25, 0.3) is 0 Å². The summed E-state index contributed by atoms with van der Waals surface area (Å²) in [5.41, 5.74) is 1.11. The average Bonchev–Trinajstić information content (AvgIpc) is 2.92. The second-order valence-electron chi connectivity index (χ2n) is 3.63. The Morgan fingerprint density at radius 3 is 3.10 bits per heavy atom. The smallest absolute Gasteiger partial charge is 0.280 e. The summed E-state index contributed by atoms with van der Waals surface area (Å²) in [5, 5.41) is 12.0. The van der Waals surface area contributed by atoms with Crippen molar-refractivity contribution in [3.63, 3.8) is 0 Å². The highest BCUT2D eigenvalue weighted by Crippen LogP contribution is 2.28. The number of rotatable bonds is 5. The Morgan fingerprint density at radius 1 is 1.55 bits per heavy atom. The van der Waals surface area contributed by atoms with Gasteiger partial charge in [-0.05, 0) is 11.6 Å². The fourth-order valence-electron chi connectivity index (χ4n) is 1.20. The molecule has 0 unspecified atom stereocenters. The molecule has 9 heteroatoms. The van der Waals surface area contributed by atoms with Crippen LogP contribution in [-0.4, -0.2) is 40.4 Å². The number of hydrogen-bond acceptors (Lipinski definition) is 7. The Hall–Kier alpha value is -1.71. The number of nitrogens with one attached hydrogen (secondary N) is 1. The van der Waals surface area contributed by atoms with Gasteiger partial charge in [0, 0.05) is 25.2 Å². The second kappa shape index (κ2) is 7.17. The number of amides is 2. The molecule has 0 aliphatic rings. The van der Waals surface area contributed by atoms with Crippen molar-refractivity contribution in [2.45, 2.75) is 10.1 Å². The minimum Gasteiger partial charge on any atom is -0.280 e. The van der Waals surface area contributed by atoms with Crippen molar-refractivity contribution >= 4 is 34.3 Å². The third-order valence-electron chi connectivity index (χ3n) is 2.27. The summed E-state index contributed by atoms with van der Waals surface area (Å²) in [6.45, 7) is 0. The lowest BCUT2D eigenvalue weighted by atomic mass is 10.3. The van der Waals surface area contributed by atoms with Crippen LogP contribution in [0.5, 0.6) is 0 Å². The molecule has 2 aromatic rings. The molecule has 20 heavy (non-hydrogen) atoms. The van der Waals surface area contributed by atoms with Crippen LogP contribution in [0.15, 0.2) is 28.9 Å². The molecule has 0 spiro atoms. The zero-order valence-corrected chi connectivity index (χ0v) is 12.6. The molecule has 0 aromatic carbocycles. The molecular weight excluding hydrogens is 298 g/mol. The van der Waals surface area contributed by atoms with Crippen LogP contribution in [0.25, 0.3) is 0 Å². The lowest BCUT2D eigenvalue weighted by Crippen LogP contribution is -2.30. The Labute approximate surface area is 124 Å². The number of hydroxylamine groups is 2. The molecule has 0 atom stereocenters. The van der Waals surface area contributed by atoms with E-state index in [1.54, 1.807) is 18.0 Å². The number of nitrogens with zero attached hydrogens (tertiary/aromatic N) is 4. The fraction of sp³-hybridized carbons (Fsp3) is 0.273. The molecule has 2 rings (SSSR count).